The van der Waals surface area contributed by atoms with Gasteiger partial charge >= 0.3 is 0 Å². The smallest absolute Gasteiger partial charge is 0.171 e. The van der Waals surface area contributed by atoms with Gasteiger partial charge in [0.2, 0.25) is 0 Å². The number of benzene rings is 5. The Labute approximate surface area is 287 Å². The number of rotatable bonds is 7. The molecule has 7 heteroatoms. The van der Waals surface area contributed by atoms with Gasteiger partial charge in [-0.2, -0.15) is 0 Å². The summed E-state index contributed by atoms with van der Waals surface area (Å²) in [4.78, 5) is 7.41. The van der Waals surface area contributed by atoms with Crippen LogP contribution in [0.5, 0.6) is 5.75 Å². The number of hydrogen-bond acceptors (Lipinski definition) is 5. The maximum absolute atomic E-state index is 6.80. The fourth-order valence-corrected chi connectivity index (χ4v) is 8.66. The standard InChI is InChI=1S/C41H41N5OS/c1-3-25-24-46-21-19-28(25)22-37(46)40(32-18-20-43-35-17-14-29(47-2)23-33(32)35)45-41(48)44-36-16-13-27-9-5-7-11-31(27)39(36)38-30-10-6-4-8-26(30)12-15-34(38)42/h4-18,20,23,25,28,37,40H,3,19,21-22,24,42H2,1-2H3,(H2,44,45,48). The van der Waals surface area contributed by atoms with Gasteiger partial charge in [-0.15, -0.1) is 0 Å². The van der Waals surface area contributed by atoms with Crippen LogP contribution in [0.3, 0.4) is 0 Å². The summed E-state index contributed by atoms with van der Waals surface area (Å²) in [5.74, 6) is 2.29. The van der Waals surface area contributed by atoms with Crippen molar-refractivity contribution in [3.8, 4) is 16.9 Å². The van der Waals surface area contributed by atoms with Crippen molar-refractivity contribution in [2.24, 2.45) is 11.8 Å². The summed E-state index contributed by atoms with van der Waals surface area (Å²) in [6.07, 6.45) is 5.55. The van der Waals surface area contributed by atoms with E-state index in [0.29, 0.717) is 11.2 Å². The number of nitrogens with one attached hydrogen (secondary N) is 2. The van der Waals surface area contributed by atoms with Crippen LogP contribution in [0.2, 0.25) is 0 Å². The highest BCUT2D eigenvalue weighted by molar-refractivity contribution is 7.80. The Bertz CT molecular complexity index is 2170. The third kappa shape index (κ3) is 5.41. The molecule has 242 valence electrons. The molecule has 5 aromatic carbocycles. The third-order valence-electron chi connectivity index (χ3n) is 10.8. The number of aromatic nitrogens is 1. The molecule has 0 amide bonds. The fourth-order valence-electron chi connectivity index (χ4n) is 8.43. The van der Waals surface area contributed by atoms with Gasteiger partial charge in [-0.25, -0.2) is 0 Å². The molecule has 5 atom stereocenters. The van der Waals surface area contributed by atoms with E-state index in [2.05, 4.69) is 101 Å². The molecule has 2 bridgehead atoms. The second-order valence-electron chi connectivity index (χ2n) is 13.3. The van der Waals surface area contributed by atoms with Crippen molar-refractivity contribution in [2.45, 2.75) is 38.3 Å². The Morgan fingerprint density at radius 2 is 1.69 bits per heavy atom. The van der Waals surface area contributed by atoms with E-state index in [1.165, 1.54) is 18.4 Å². The molecular weight excluding hydrogens is 611 g/mol. The first-order chi connectivity index (χ1) is 23.5. The average Bonchev–Trinajstić information content (AvgIpc) is 3.13. The number of nitrogens with zero attached hydrogens (tertiary/aromatic N) is 2. The van der Waals surface area contributed by atoms with Crippen molar-refractivity contribution in [3.63, 3.8) is 0 Å². The molecule has 9 rings (SSSR count). The molecule has 6 nitrogen and oxygen atoms in total. The Morgan fingerprint density at radius 1 is 0.938 bits per heavy atom. The van der Waals surface area contributed by atoms with Crippen LogP contribution in [0, 0.1) is 11.8 Å². The minimum Gasteiger partial charge on any atom is -0.497 e. The minimum absolute atomic E-state index is 0.0465. The van der Waals surface area contributed by atoms with Crippen LogP contribution in [-0.4, -0.2) is 41.2 Å². The van der Waals surface area contributed by atoms with E-state index in [-0.39, 0.29) is 6.04 Å². The van der Waals surface area contributed by atoms with Gasteiger partial charge < -0.3 is 21.1 Å². The summed E-state index contributed by atoms with van der Waals surface area (Å²) in [5.41, 5.74) is 12.7. The molecule has 0 radical (unpaired) electrons. The first-order valence-electron chi connectivity index (χ1n) is 17.1. The Hall–Kier alpha value is -4.72. The third-order valence-corrected chi connectivity index (χ3v) is 11.1. The van der Waals surface area contributed by atoms with Crippen LogP contribution in [0.1, 0.15) is 37.8 Å². The summed E-state index contributed by atoms with van der Waals surface area (Å²) < 4.78 is 5.66. The molecule has 48 heavy (non-hydrogen) atoms. The normalized spacial score (nSPS) is 21.0. The molecular formula is C41H41N5OS. The van der Waals surface area contributed by atoms with Crippen molar-refractivity contribution in [2.75, 3.05) is 31.2 Å². The Kier molecular flexibility index (Phi) is 8.11. The number of pyridine rings is 1. The lowest BCUT2D eigenvalue weighted by Crippen LogP contribution is -2.58. The number of nitrogen functional groups attached to an aromatic ring is 1. The molecule has 4 N–H and O–H groups in total. The lowest BCUT2D eigenvalue weighted by atomic mass is 9.72. The van der Waals surface area contributed by atoms with Gasteiger partial charge in [0.25, 0.3) is 0 Å². The van der Waals surface area contributed by atoms with Gasteiger partial charge in [-0.1, -0.05) is 74.0 Å². The number of anilines is 2. The molecule has 3 saturated heterocycles. The highest BCUT2D eigenvalue weighted by atomic mass is 32.1. The van der Waals surface area contributed by atoms with E-state index in [1.54, 1.807) is 7.11 Å². The van der Waals surface area contributed by atoms with Crippen molar-refractivity contribution < 1.29 is 4.74 Å². The number of ether oxygens (including phenoxy) is 1. The summed E-state index contributed by atoms with van der Waals surface area (Å²) >= 11 is 6.23. The maximum atomic E-state index is 6.80. The number of hydrogen-bond donors (Lipinski definition) is 3. The molecule has 3 aliphatic rings. The van der Waals surface area contributed by atoms with Crippen LogP contribution in [0.4, 0.5) is 11.4 Å². The number of nitrogens with two attached hydrogens (primary N) is 1. The van der Waals surface area contributed by atoms with Crippen molar-refractivity contribution >= 4 is 61.2 Å². The summed E-state index contributed by atoms with van der Waals surface area (Å²) in [7, 11) is 1.71. The van der Waals surface area contributed by atoms with E-state index in [9.17, 15) is 0 Å². The second-order valence-corrected chi connectivity index (χ2v) is 13.7. The maximum Gasteiger partial charge on any atom is 0.171 e. The molecule has 0 spiro atoms. The summed E-state index contributed by atoms with van der Waals surface area (Å²) in [5, 5.41) is 13.7. The van der Waals surface area contributed by atoms with Crippen LogP contribution in [0.15, 0.2) is 103 Å². The Balaban J connectivity index is 1.22. The van der Waals surface area contributed by atoms with E-state index in [4.69, 9.17) is 27.7 Å². The zero-order valence-corrected chi connectivity index (χ0v) is 28.3. The van der Waals surface area contributed by atoms with Gasteiger partial charge in [0.15, 0.2) is 5.11 Å². The molecule has 3 aliphatic heterocycles. The molecule has 4 heterocycles. The number of piperidine rings is 3. The Morgan fingerprint density at radius 3 is 2.42 bits per heavy atom. The highest BCUT2D eigenvalue weighted by Gasteiger charge is 2.43. The minimum atomic E-state index is -0.0465. The predicted molar refractivity (Wildman–Crippen MR) is 204 cm³/mol. The SMILES string of the molecule is CCC1CN2CCC1CC2C(NC(=S)Nc1ccc2ccccc2c1-c1c(N)ccc2ccccc12)c1ccnc2ccc(OC)cc12. The number of methoxy groups -OCH3 is 1. The van der Waals surface area contributed by atoms with E-state index in [1.807, 2.05) is 24.4 Å². The lowest BCUT2D eigenvalue weighted by Gasteiger charge is -2.52. The van der Waals surface area contributed by atoms with Crippen molar-refractivity contribution in [3.05, 3.63) is 109 Å². The van der Waals surface area contributed by atoms with Gasteiger partial charge in [0.05, 0.1) is 18.7 Å². The van der Waals surface area contributed by atoms with Crippen LogP contribution >= 0.6 is 12.2 Å². The number of thiocarbonyl (C=S) groups is 1. The van der Waals surface area contributed by atoms with Crippen LogP contribution in [-0.2, 0) is 0 Å². The van der Waals surface area contributed by atoms with Gasteiger partial charge in [0.1, 0.15) is 5.75 Å². The van der Waals surface area contributed by atoms with Crippen molar-refractivity contribution in [1.82, 2.24) is 15.2 Å². The van der Waals surface area contributed by atoms with Gasteiger partial charge in [0, 0.05) is 46.7 Å². The van der Waals surface area contributed by atoms with Crippen LogP contribution in [0.25, 0.3) is 43.6 Å². The zero-order chi connectivity index (χ0) is 32.8. The summed E-state index contributed by atoms with van der Waals surface area (Å²) in [6.45, 7) is 4.58. The second kappa shape index (κ2) is 12.7. The monoisotopic (exact) mass is 651 g/mol. The molecule has 3 fully saturated rings. The molecule has 0 saturated carbocycles. The van der Waals surface area contributed by atoms with E-state index in [0.717, 1.165) is 92.0 Å². The number of fused-ring (bicyclic) bond motifs is 6. The molecule has 1 aromatic heterocycles. The van der Waals surface area contributed by atoms with Crippen LogP contribution < -0.4 is 21.1 Å². The lowest BCUT2D eigenvalue weighted by molar-refractivity contribution is -0.0132. The zero-order valence-electron chi connectivity index (χ0n) is 27.4. The molecule has 0 aliphatic carbocycles. The van der Waals surface area contributed by atoms with E-state index >= 15 is 0 Å². The quantitative estimate of drug-likeness (QED) is 0.118. The first kappa shape index (κ1) is 30.6. The van der Waals surface area contributed by atoms with Gasteiger partial charge in [-0.05, 0) is 107 Å². The summed E-state index contributed by atoms with van der Waals surface area (Å²) in [6, 6.07) is 33.8. The van der Waals surface area contributed by atoms with Crippen molar-refractivity contribution in [1.29, 1.82) is 0 Å². The fraction of sp³-hybridized carbons (Fsp3) is 0.268. The predicted octanol–water partition coefficient (Wildman–Crippen LogP) is 8.95. The largest absolute Gasteiger partial charge is 0.497 e. The average molecular weight is 652 g/mol. The first-order valence-corrected chi connectivity index (χ1v) is 17.5. The topological polar surface area (TPSA) is 75.4 Å². The van der Waals surface area contributed by atoms with E-state index < -0.39 is 0 Å². The molecule has 6 aromatic rings. The van der Waals surface area contributed by atoms with Gasteiger partial charge in [-0.3, -0.25) is 9.88 Å². The molecule has 5 unspecified atom stereocenters. The highest BCUT2D eigenvalue weighted by Crippen LogP contribution is 2.45.